The van der Waals surface area contributed by atoms with Gasteiger partial charge in [-0.25, -0.2) is 4.79 Å². The van der Waals surface area contributed by atoms with Gasteiger partial charge in [-0.1, -0.05) is 13.3 Å². The molecule has 5 N–H and O–H groups in total. The maximum Gasteiger partial charge on any atom is 0.326 e. The molecule has 0 saturated heterocycles. The molecule has 0 spiro atoms. The molecule has 0 heterocycles. The highest BCUT2D eigenvalue weighted by Gasteiger charge is 2.23. The van der Waals surface area contributed by atoms with Gasteiger partial charge in [-0.05, 0) is 12.8 Å². The number of hydrogen-bond acceptors (Lipinski definition) is 4. The smallest absolute Gasteiger partial charge is 0.326 e. The van der Waals surface area contributed by atoms with Gasteiger partial charge in [0.2, 0.25) is 5.91 Å². The van der Waals surface area contributed by atoms with Crippen LogP contribution in [0.3, 0.4) is 0 Å². The van der Waals surface area contributed by atoms with Gasteiger partial charge < -0.3 is 21.3 Å². The van der Waals surface area contributed by atoms with Crippen molar-refractivity contribution in [1.82, 2.24) is 5.32 Å². The topological polar surface area (TPSA) is 130 Å². The zero-order chi connectivity index (χ0) is 13.4. The Hall–Kier alpha value is -1.63. The Labute approximate surface area is 99.0 Å². The second-order valence-electron chi connectivity index (χ2n) is 3.73. The summed E-state index contributed by atoms with van der Waals surface area (Å²) in [4.78, 5) is 32.5. The van der Waals surface area contributed by atoms with Crippen LogP contribution in [0.5, 0.6) is 0 Å². The predicted molar refractivity (Wildman–Crippen MR) is 59.3 cm³/mol. The van der Waals surface area contributed by atoms with Crippen LogP contribution in [0.4, 0.5) is 0 Å². The SMILES string of the molecule is CCC[C@@H](N)C(=O)NC(CCC(=O)O)C(=O)O. The summed E-state index contributed by atoms with van der Waals surface area (Å²) in [7, 11) is 0. The van der Waals surface area contributed by atoms with Crippen LogP contribution in [0.25, 0.3) is 0 Å². The first-order chi connectivity index (χ1) is 7.88. The molecule has 1 unspecified atom stereocenters. The van der Waals surface area contributed by atoms with Crippen molar-refractivity contribution in [3.05, 3.63) is 0 Å². The summed E-state index contributed by atoms with van der Waals surface area (Å²) >= 11 is 0. The maximum atomic E-state index is 11.4. The Morgan fingerprint density at radius 1 is 1.24 bits per heavy atom. The van der Waals surface area contributed by atoms with Gasteiger partial charge in [-0.15, -0.1) is 0 Å². The van der Waals surface area contributed by atoms with Crippen LogP contribution in [0.15, 0.2) is 0 Å². The van der Waals surface area contributed by atoms with Crippen LogP contribution in [0.1, 0.15) is 32.6 Å². The summed E-state index contributed by atoms with van der Waals surface area (Å²) < 4.78 is 0. The molecule has 0 aliphatic carbocycles. The molecule has 17 heavy (non-hydrogen) atoms. The van der Waals surface area contributed by atoms with Crippen LogP contribution >= 0.6 is 0 Å². The van der Waals surface area contributed by atoms with Crippen LogP contribution in [-0.2, 0) is 14.4 Å². The number of hydrogen-bond donors (Lipinski definition) is 4. The molecule has 0 rings (SSSR count). The minimum Gasteiger partial charge on any atom is -0.481 e. The van der Waals surface area contributed by atoms with E-state index in [4.69, 9.17) is 15.9 Å². The first-order valence-corrected chi connectivity index (χ1v) is 5.39. The van der Waals surface area contributed by atoms with Crippen molar-refractivity contribution in [2.75, 3.05) is 0 Å². The number of carbonyl (C=O) groups excluding carboxylic acids is 1. The lowest BCUT2D eigenvalue weighted by molar-refractivity contribution is -0.143. The minimum atomic E-state index is -1.26. The summed E-state index contributed by atoms with van der Waals surface area (Å²) in [5, 5.41) is 19.5. The van der Waals surface area contributed by atoms with Crippen LogP contribution in [0, 0.1) is 0 Å². The monoisotopic (exact) mass is 246 g/mol. The van der Waals surface area contributed by atoms with Gasteiger partial charge in [-0.2, -0.15) is 0 Å². The van der Waals surface area contributed by atoms with Crippen molar-refractivity contribution in [1.29, 1.82) is 0 Å². The Morgan fingerprint density at radius 3 is 2.24 bits per heavy atom. The van der Waals surface area contributed by atoms with E-state index in [0.29, 0.717) is 12.8 Å². The molecule has 0 aliphatic rings. The van der Waals surface area contributed by atoms with Crippen molar-refractivity contribution < 1.29 is 24.6 Å². The molecule has 0 saturated carbocycles. The second-order valence-corrected chi connectivity index (χ2v) is 3.73. The zero-order valence-corrected chi connectivity index (χ0v) is 9.68. The highest BCUT2D eigenvalue weighted by atomic mass is 16.4. The number of nitrogens with two attached hydrogens (primary N) is 1. The fraction of sp³-hybridized carbons (Fsp3) is 0.700. The van der Waals surface area contributed by atoms with Gasteiger partial charge in [0.05, 0.1) is 6.04 Å². The average Bonchev–Trinajstić information content (AvgIpc) is 2.23. The van der Waals surface area contributed by atoms with Gasteiger partial charge in [0, 0.05) is 6.42 Å². The maximum absolute atomic E-state index is 11.4. The Bertz CT molecular complexity index is 292. The highest BCUT2D eigenvalue weighted by molar-refractivity contribution is 5.87. The molecule has 0 aromatic carbocycles. The summed E-state index contributed by atoms with van der Waals surface area (Å²) in [6.07, 6.45) is 0.689. The van der Waals surface area contributed by atoms with E-state index in [-0.39, 0.29) is 12.8 Å². The number of amides is 1. The van der Waals surface area contributed by atoms with Gasteiger partial charge in [0.1, 0.15) is 6.04 Å². The van der Waals surface area contributed by atoms with Crippen molar-refractivity contribution >= 4 is 17.8 Å². The molecule has 0 aromatic rings. The molecule has 2 atom stereocenters. The molecule has 0 radical (unpaired) electrons. The van der Waals surface area contributed by atoms with E-state index >= 15 is 0 Å². The predicted octanol–water partition coefficient (Wildman–Crippen LogP) is -0.452. The lowest BCUT2D eigenvalue weighted by atomic mass is 10.1. The van der Waals surface area contributed by atoms with E-state index in [2.05, 4.69) is 5.32 Å². The van der Waals surface area contributed by atoms with E-state index in [1.165, 1.54) is 0 Å². The number of carboxylic acids is 2. The van der Waals surface area contributed by atoms with Gasteiger partial charge in [0.15, 0.2) is 0 Å². The van der Waals surface area contributed by atoms with E-state index < -0.39 is 29.9 Å². The quantitative estimate of drug-likeness (QED) is 0.459. The van der Waals surface area contributed by atoms with Gasteiger partial charge in [0.25, 0.3) is 0 Å². The highest BCUT2D eigenvalue weighted by Crippen LogP contribution is 2.00. The Balaban J connectivity index is 4.29. The standard InChI is InChI=1S/C10H18N2O5/c1-2-3-6(11)9(15)12-7(10(16)17)4-5-8(13)14/h6-7H,2-5,11H2,1H3,(H,12,15)(H,13,14)(H,16,17)/t6-,7?/m1/s1. The zero-order valence-electron chi connectivity index (χ0n) is 9.68. The number of carboxylic acid groups (broad SMARTS) is 2. The molecular formula is C10H18N2O5. The first-order valence-electron chi connectivity index (χ1n) is 5.39. The molecular weight excluding hydrogens is 228 g/mol. The fourth-order valence-corrected chi connectivity index (χ4v) is 1.25. The average molecular weight is 246 g/mol. The Morgan fingerprint density at radius 2 is 1.82 bits per heavy atom. The van der Waals surface area contributed by atoms with Gasteiger partial charge in [-0.3, -0.25) is 9.59 Å². The molecule has 0 fully saturated rings. The number of nitrogens with one attached hydrogen (secondary N) is 1. The van der Waals surface area contributed by atoms with Crippen LogP contribution < -0.4 is 11.1 Å². The Kier molecular flexibility index (Phi) is 6.88. The van der Waals surface area contributed by atoms with E-state index in [1.807, 2.05) is 6.92 Å². The van der Waals surface area contributed by atoms with Crippen molar-refractivity contribution in [3.8, 4) is 0 Å². The lowest BCUT2D eigenvalue weighted by Crippen LogP contribution is -2.48. The third-order valence-corrected chi connectivity index (χ3v) is 2.20. The third kappa shape index (κ3) is 6.52. The summed E-state index contributed by atoms with van der Waals surface area (Å²) in [5.41, 5.74) is 5.51. The molecule has 98 valence electrons. The molecule has 7 heteroatoms. The third-order valence-electron chi connectivity index (χ3n) is 2.20. The molecule has 0 aliphatic heterocycles. The number of rotatable bonds is 8. The van der Waals surface area contributed by atoms with Crippen molar-refractivity contribution in [2.24, 2.45) is 5.73 Å². The van der Waals surface area contributed by atoms with Crippen molar-refractivity contribution in [3.63, 3.8) is 0 Å². The normalized spacial score (nSPS) is 13.8. The molecule has 0 aromatic heterocycles. The van der Waals surface area contributed by atoms with Gasteiger partial charge >= 0.3 is 11.9 Å². The summed E-state index contributed by atoms with van der Waals surface area (Å²) in [5.74, 6) is -2.93. The molecule has 7 nitrogen and oxygen atoms in total. The van der Waals surface area contributed by atoms with E-state index in [9.17, 15) is 14.4 Å². The van der Waals surface area contributed by atoms with E-state index in [0.717, 1.165) is 0 Å². The largest absolute Gasteiger partial charge is 0.481 e. The molecule has 0 bridgehead atoms. The first kappa shape index (κ1) is 15.4. The second kappa shape index (κ2) is 7.61. The lowest BCUT2D eigenvalue weighted by Gasteiger charge is -2.16. The fourth-order valence-electron chi connectivity index (χ4n) is 1.25. The van der Waals surface area contributed by atoms with Crippen LogP contribution in [0.2, 0.25) is 0 Å². The number of carbonyl (C=O) groups is 3. The van der Waals surface area contributed by atoms with Crippen LogP contribution in [-0.4, -0.2) is 40.1 Å². The van der Waals surface area contributed by atoms with E-state index in [1.54, 1.807) is 0 Å². The van der Waals surface area contributed by atoms with Crippen molar-refractivity contribution in [2.45, 2.75) is 44.7 Å². The number of aliphatic carboxylic acids is 2. The molecule has 1 amide bonds. The summed E-state index contributed by atoms with van der Waals surface area (Å²) in [6, 6.07) is -1.96. The summed E-state index contributed by atoms with van der Waals surface area (Å²) in [6.45, 7) is 1.85. The minimum absolute atomic E-state index is 0.157.